The first-order valence-corrected chi connectivity index (χ1v) is 6.44. The number of nitrogens with zero attached hydrogens (tertiary/aromatic N) is 4. The molecule has 1 atom stereocenters. The van der Waals surface area contributed by atoms with Gasteiger partial charge in [-0.25, -0.2) is 4.79 Å². The molecule has 0 bridgehead atoms. The van der Waals surface area contributed by atoms with Crippen LogP contribution in [0.5, 0.6) is 0 Å². The van der Waals surface area contributed by atoms with Crippen LogP contribution in [0.25, 0.3) is 0 Å². The lowest BCUT2D eigenvalue weighted by molar-refractivity contribution is -0.389. The second kappa shape index (κ2) is 5.10. The van der Waals surface area contributed by atoms with Crippen molar-refractivity contribution in [3.05, 3.63) is 22.4 Å². The van der Waals surface area contributed by atoms with E-state index in [0.717, 1.165) is 0 Å². The van der Waals surface area contributed by atoms with Gasteiger partial charge in [-0.2, -0.15) is 4.68 Å². The van der Waals surface area contributed by atoms with Gasteiger partial charge in [0.15, 0.2) is 0 Å². The molecule has 0 spiro atoms. The van der Waals surface area contributed by atoms with Gasteiger partial charge in [-0.3, -0.25) is 0 Å². The topological polar surface area (TPSA) is 90.5 Å². The zero-order chi connectivity index (χ0) is 14.9. The van der Waals surface area contributed by atoms with Crippen LogP contribution in [0.4, 0.5) is 10.6 Å². The van der Waals surface area contributed by atoms with Gasteiger partial charge >= 0.3 is 11.9 Å². The van der Waals surface area contributed by atoms with Crippen molar-refractivity contribution in [2.75, 3.05) is 13.1 Å². The van der Waals surface area contributed by atoms with E-state index < -0.39 is 10.5 Å². The second-order valence-electron chi connectivity index (χ2n) is 5.78. The van der Waals surface area contributed by atoms with E-state index in [9.17, 15) is 14.9 Å². The van der Waals surface area contributed by atoms with Crippen LogP contribution in [-0.2, 0) is 4.74 Å². The van der Waals surface area contributed by atoms with E-state index in [2.05, 4.69) is 5.10 Å². The third-order valence-electron chi connectivity index (χ3n) is 2.97. The van der Waals surface area contributed by atoms with Crippen LogP contribution in [0.3, 0.4) is 0 Å². The van der Waals surface area contributed by atoms with Crippen LogP contribution in [0.2, 0.25) is 0 Å². The van der Waals surface area contributed by atoms with Gasteiger partial charge in [0.2, 0.25) is 0 Å². The van der Waals surface area contributed by atoms with E-state index in [4.69, 9.17) is 4.74 Å². The number of nitro groups is 1. The van der Waals surface area contributed by atoms with E-state index in [1.54, 1.807) is 15.8 Å². The highest BCUT2D eigenvalue weighted by Gasteiger charge is 2.32. The fourth-order valence-corrected chi connectivity index (χ4v) is 2.08. The van der Waals surface area contributed by atoms with Crippen molar-refractivity contribution < 1.29 is 14.5 Å². The minimum Gasteiger partial charge on any atom is -0.444 e. The molecule has 0 radical (unpaired) electrons. The van der Waals surface area contributed by atoms with Crippen LogP contribution in [-0.4, -0.2) is 44.4 Å². The molecule has 1 aliphatic rings. The molecule has 8 heteroatoms. The van der Waals surface area contributed by atoms with Crippen molar-refractivity contribution in [2.24, 2.45) is 0 Å². The van der Waals surface area contributed by atoms with Crippen molar-refractivity contribution >= 4 is 11.9 Å². The lowest BCUT2D eigenvalue weighted by atomic mass is 10.2. The fourth-order valence-electron chi connectivity index (χ4n) is 2.08. The monoisotopic (exact) mass is 282 g/mol. The summed E-state index contributed by atoms with van der Waals surface area (Å²) in [7, 11) is 0. The predicted octanol–water partition coefficient (Wildman–Crippen LogP) is 1.97. The highest BCUT2D eigenvalue weighted by molar-refractivity contribution is 5.68. The third kappa shape index (κ3) is 3.25. The van der Waals surface area contributed by atoms with Crippen LogP contribution < -0.4 is 0 Å². The van der Waals surface area contributed by atoms with E-state index in [-0.39, 0.29) is 18.0 Å². The van der Waals surface area contributed by atoms with E-state index in [0.29, 0.717) is 19.5 Å². The number of amides is 1. The Kier molecular flexibility index (Phi) is 3.65. The van der Waals surface area contributed by atoms with Crippen molar-refractivity contribution in [2.45, 2.75) is 38.8 Å². The van der Waals surface area contributed by atoms with Gasteiger partial charge in [0.25, 0.3) is 0 Å². The van der Waals surface area contributed by atoms with Gasteiger partial charge in [0, 0.05) is 13.1 Å². The lowest BCUT2D eigenvalue weighted by Gasteiger charge is -2.24. The highest BCUT2D eigenvalue weighted by atomic mass is 16.6. The van der Waals surface area contributed by atoms with Gasteiger partial charge in [0.1, 0.15) is 5.60 Å². The average molecular weight is 282 g/mol. The number of hydrogen-bond acceptors (Lipinski definition) is 5. The highest BCUT2D eigenvalue weighted by Crippen LogP contribution is 2.24. The Morgan fingerprint density at radius 1 is 1.55 bits per heavy atom. The molecular formula is C12H18N4O4. The summed E-state index contributed by atoms with van der Waals surface area (Å²) in [5.41, 5.74) is -0.528. The molecule has 2 rings (SSSR count). The van der Waals surface area contributed by atoms with Crippen LogP contribution in [0, 0.1) is 10.1 Å². The molecular weight excluding hydrogens is 264 g/mol. The van der Waals surface area contributed by atoms with Gasteiger partial charge in [0.05, 0.1) is 23.4 Å². The zero-order valence-electron chi connectivity index (χ0n) is 11.8. The Morgan fingerprint density at radius 2 is 2.25 bits per heavy atom. The molecule has 1 saturated heterocycles. The number of ether oxygens (including phenoxy) is 1. The van der Waals surface area contributed by atoms with Crippen molar-refractivity contribution in [1.29, 1.82) is 0 Å². The summed E-state index contributed by atoms with van der Waals surface area (Å²) < 4.78 is 6.84. The molecule has 8 nitrogen and oxygen atoms in total. The first-order valence-electron chi connectivity index (χ1n) is 6.44. The standard InChI is InChI=1S/C12H18N4O4/c1-12(2,3)20-11(17)14-6-4-9(8-14)15-7-5-10(13-15)16(18)19/h5,7,9H,4,6,8H2,1-3H3/t9-/m1/s1. The van der Waals surface area contributed by atoms with Gasteiger partial charge < -0.3 is 19.8 Å². The lowest BCUT2D eigenvalue weighted by Crippen LogP contribution is -2.35. The maximum absolute atomic E-state index is 11.9. The molecule has 110 valence electrons. The second-order valence-corrected chi connectivity index (χ2v) is 5.78. The Bertz CT molecular complexity index is 520. The molecule has 1 aromatic heterocycles. The normalized spacial score (nSPS) is 19.1. The predicted molar refractivity (Wildman–Crippen MR) is 70.3 cm³/mol. The van der Waals surface area contributed by atoms with Gasteiger partial charge in [-0.1, -0.05) is 0 Å². The van der Waals surface area contributed by atoms with Crippen molar-refractivity contribution in [3.8, 4) is 0 Å². The number of likely N-dealkylation sites (tertiary alicyclic amines) is 1. The zero-order valence-corrected chi connectivity index (χ0v) is 11.8. The average Bonchev–Trinajstić information content (AvgIpc) is 2.95. The largest absolute Gasteiger partial charge is 0.444 e. The molecule has 1 aliphatic heterocycles. The molecule has 1 amide bonds. The van der Waals surface area contributed by atoms with Gasteiger partial charge in [-0.05, 0) is 32.1 Å². The van der Waals surface area contributed by atoms with Crippen molar-refractivity contribution in [1.82, 2.24) is 14.7 Å². The minimum atomic E-state index is -0.531. The third-order valence-corrected chi connectivity index (χ3v) is 2.97. The summed E-state index contributed by atoms with van der Waals surface area (Å²) in [6.07, 6.45) is 1.92. The number of aromatic nitrogens is 2. The molecule has 20 heavy (non-hydrogen) atoms. The summed E-state index contributed by atoms with van der Waals surface area (Å²) >= 11 is 0. The Morgan fingerprint density at radius 3 is 2.80 bits per heavy atom. The molecule has 2 heterocycles. The summed E-state index contributed by atoms with van der Waals surface area (Å²) in [5.74, 6) is -0.180. The molecule has 1 aromatic rings. The number of hydrogen-bond donors (Lipinski definition) is 0. The summed E-state index contributed by atoms with van der Waals surface area (Å²) in [6, 6.07) is 1.31. The molecule has 0 saturated carbocycles. The Hall–Kier alpha value is -2.12. The van der Waals surface area contributed by atoms with Crippen LogP contribution in [0.15, 0.2) is 12.3 Å². The van der Waals surface area contributed by atoms with E-state index in [1.807, 2.05) is 20.8 Å². The minimum absolute atomic E-state index is 0.0452. The molecule has 0 aromatic carbocycles. The van der Waals surface area contributed by atoms with Crippen LogP contribution >= 0.6 is 0 Å². The number of carbonyl (C=O) groups excluding carboxylic acids is 1. The smallest absolute Gasteiger partial charge is 0.410 e. The van der Waals surface area contributed by atoms with Gasteiger partial charge in [-0.15, -0.1) is 0 Å². The van der Waals surface area contributed by atoms with E-state index in [1.165, 1.54) is 6.07 Å². The quantitative estimate of drug-likeness (QED) is 0.611. The Balaban J connectivity index is 1.98. The maximum Gasteiger partial charge on any atom is 0.410 e. The molecule has 1 fully saturated rings. The molecule has 0 unspecified atom stereocenters. The number of rotatable bonds is 2. The Labute approximate surface area is 116 Å². The summed E-state index contributed by atoms with van der Waals surface area (Å²) in [5, 5.41) is 14.5. The van der Waals surface area contributed by atoms with Crippen LogP contribution in [0.1, 0.15) is 33.2 Å². The molecule has 0 N–H and O–H groups in total. The maximum atomic E-state index is 11.9. The summed E-state index contributed by atoms with van der Waals surface area (Å²) in [6.45, 7) is 6.46. The first kappa shape index (κ1) is 14.3. The first-order chi connectivity index (χ1) is 9.26. The number of carbonyl (C=O) groups is 1. The summed E-state index contributed by atoms with van der Waals surface area (Å²) in [4.78, 5) is 23.6. The fraction of sp³-hybridized carbons (Fsp3) is 0.667. The van der Waals surface area contributed by atoms with E-state index >= 15 is 0 Å². The SMILES string of the molecule is CC(C)(C)OC(=O)N1CC[C@@H](n2ccc([N+](=O)[O-])n2)C1. The molecule has 0 aliphatic carbocycles. The van der Waals surface area contributed by atoms with Crippen molar-refractivity contribution in [3.63, 3.8) is 0 Å².